The molecule has 1 fully saturated rings. The lowest BCUT2D eigenvalue weighted by Gasteiger charge is -2.28. The van der Waals surface area contributed by atoms with E-state index in [-0.39, 0.29) is 17.2 Å². The molecule has 3 rings (SSSR count). The molecule has 0 aliphatic carbocycles. The summed E-state index contributed by atoms with van der Waals surface area (Å²) in [5.74, 6) is 0.159. The number of carbonyl (C=O) groups is 2. The van der Waals surface area contributed by atoms with Gasteiger partial charge in [-0.15, -0.1) is 0 Å². The highest BCUT2D eigenvalue weighted by Gasteiger charge is 2.29. The summed E-state index contributed by atoms with van der Waals surface area (Å²) in [6.07, 6.45) is 2.43. The van der Waals surface area contributed by atoms with Gasteiger partial charge in [0.1, 0.15) is 0 Å². The van der Waals surface area contributed by atoms with Gasteiger partial charge in [-0.3, -0.25) is 9.59 Å². The van der Waals surface area contributed by atoms with Crippen LogP contribution in [0.25, 0.3) is 11.0 Å². The Hall–Kier alpha value is -2.37. The van der Waals surface area contributed by atoms with Crippen LogP contribution in [0.15, 0.2) is 24.5 Å². The largest absolute Gasteiger partial charge is 0.345 e. The van der Waals surface area contributed by atoms with E-state index >= 15 is 0 Å². The highest BCUT2D eigenvalue weighted by Crippen LogP contribution is 2.20. The van der Waals surface area contributed by atoms with E-state index in [1.807, 2.05) is 48.8 Å². The molecule has 1 aromatic heterocycles. The standard InChI is InChI=1S/C18H24N4O2/c1-18(2,3)17(24)22-8-4-7-21(9-10-22)16(23)13-5-6-14-15(11-13)20-12-19-14/h5-6,11-12H,4,7-10H2,1-3H3,(H,19,20). The van der Waals surface area contributed by atoms with Crippen LogP contribution < -0.4 is 0 Å². The van der Waals surface area contributed by atoms with Gasteiger partial charge in [0.15, 0.2) is 0 Å². The number of nitrogens with one attached hydrogen (secondary N) is 1. The molecule has 0 radical (unpaired) electrons. The van der Waals surface area contributed by atoms with Crippen molar-refractivity contribution in [3.63, 3.8) is 0 Å². The average molecular weight is 328 g/mol. The molecule has 0 atom stereocenters. The van der Waals surface area contributed by atoms with E-state index < -0.39 is 0 Å². The van der Waals surface area contributed by atoms with Crippen molar-refractivity contribution in [2.45, 2.75) is 27.2 Å². The molecule has 1 aliphatic rings. The van der Waals surface area contributed by atoms with Gasteiger partial charge < -0.3 is 14.8 Å². The molecule has 6 nitrogen and oxygen atoms in total. The van der Waals surface area contributed by atoms with Crippen molar-refractivity contribution in [3.8, 4) is 0 Å². The zero-order valence-electron chi connectivity index (χ0n) is 14.5. The zero-order valence-corrected chi connectivity index (χ0v) is 14.5. The lowest BCUT2D eigenvalue weighted by molar-refractivity contribution is -0.139. The molecule has 1 aromatic carbocycles. The molecule has 1 saturated heterocycles. The maximum atomic E-state index is 12.8. The minimum Gasteiger partial charge on any atom is -0.345 e. The molecular formula is C18H24N4O2. The van der Waals surface area contributed by atoms with Gasteiger partial charge in [0, 0.05) is 37.2 Å². The van der Waals surface area contributed by atoms with Crippen LogP contribution in [0.3, 0.4) is 0 Å². The number of H-pyrrole nitrogens is 1. The summed E-state index contributed by atoms with van der Waals surface area (Å²) in [7, 11) is 0. The molecule has 1 aliphatic heterocycles. The first-order chi connectivity index (χ1) is 11.4. The molecule has 2 heterocycles. The number of amides is 2. The maximum Gasteiger partial charge on any atom is 0.253 e. The number of rotatable bonds is 1. The molecule has 0 saturated carbocycles. The fourth-order valence-corrected chi connectivity index (χ4v) is 3.05. The number of aromatic nitrogens is 2. The number of aromatic amines is 1. The summed E-state index contributed by atoms with van der Waals surface area (Å²) in [5, 5.41) is 0. The van der Waals surface area contributed by atoms with Crippen molar-refractivity contribution in [2.24, 2.45) is 5.41 Å². The summed E-state index contributed by atoms with van der Waals surface area (Å²) < 4.78 is 0. The van der Waals surface area contributed by atoms with E-state index in [0.717, 1.165) is 17.5 Å². The Balaban J connectivity index is 1.71. The van der Waals surface area contributed by atoms with Crippen LogP contribution >= 0.6 is 0 Å². The Kier molecular flexibility index (Phi) is 4.30. The normalized spacial score (nSPS) is 16.3. The SMILES string of the molecule is CC(C)(C)C(=O)N1CCCN(C(=O)c2ccc3nc[nH]c3c2)CC1. The van der Waals surface area contributed by atoms with Crippen molar-refractivity contribution >= 4 is 22.8 Å². The van der Waals surface area contributed by atoms with E-state index in [1.165, 1.54) is 0 Å². The van der Waals surface area contributed by atoms with Crippen LogP contribution in [0.1, 0.15) is 37.6 Å². The summed E-state index contributed by atoms with van der Waals surface area (Å²) in [5.41, 5.74) is 1.98. The number of hydrogen-bond acceptors (Lipinski definition) is 3. The first kappa shape index (κ1) is 16.5. The highest BCUT2D eigenvalue weighted by atomic mass is 16.2. The lowest BCUT2D eigenvalue weighted by Crippen LogP contribution is -2.42. The van der Waals surface area contributed by atoms with E-state index in [0.29, 0.717) is 31.7 Å². The van der Waals surface area contributed by atoms with Crippen LogP contribution in [0.4, 0.5) is 0 Å². The van der Waals surface area contributed by atoms with Crippen LogP contribution in [-0.4, -0.2) is 57.8 Å². The first-order valence-electron chi connectivity index (χ1n) is 8.38. The molecule has 0 unspecified atom stereocenters. The Bertz CT molecular complexity index is 760. The van der Waals surface area contributed by atoms with Crippen molar-refractivity contribution < 1.29 is 9.59 Å². The third-order valence-corrected chi connectivity index (χ3v) is 4.38. The van der Waals surface area contributed by atoms with Crippen LogP contribution in [0.2, 0.25) is 0 Å². The van der Waals surface area contributed by atoms with E-state index in [4.69, 9.17) is 0 Å². The van der Waals surface area contributed by atoms with Gasteiger partial charge in [-0.1, -0.05) is 20.8 Å². The van der Waals surface area contributed by atoms with Crippen molar-refractivity contribution in [1.29, 1.82) is 0 Å². The molecule has 6 heteroatoms. The summed E-state index contributed by atoms with van der Waals surface area (Å²) in [6, 6.07) is 5.51. The van der Waals surface area contributed by atoms with E-state index in [2.05, 4.69) is 9.97 Å². The molecule has 24 heavy (non-hydrogen) atoms. The lowest BCUT2D eigenvalue weighted by atomic mass is 9.94. The predicted molar refractivity (Wildman–Crippen MR) is 92.6 cm³/mol. The van der Waals surface area contributed by atoms with E-state index in [9.17, 15) is 9.59 Å². The van der Waals surface area contributed by atoms with Crippen molar-refractivity contribution in [1.82, 2.24) is 19.8 Å². The molecular weight excluding hydrogens is 304 g/mol. The number of fused-ring (bicyclic) bond motifs is 1. The predicted octanol–water partition coefficient (Wildman–Crippen LogP) is 2.28. The molecule has 0 spiro atoms. The van der Waals surface area contributed by atoms with Gasteiger partial charge >= 0.3 is 0 Å². The summed E-state index contributed by atoms with van der Waals surface area (Å²) >= 11 is 0. The molecule has 1 N–H and O–H groups in total. The van der Waals surface area contributed by atoms with Gasteiger partial charge in [0.2, 0.25) is 5.91 Å². The molecule has 2 amide bonds. The number of imidazole rings is 1. The van der Waals surface area contributed by atoms with Crippen LogP contribution in [-0.2, 0) is 4.79 Å². The molecule has 2 aromatic rings. The fraction of sp³-hybridized carbons (Fsp3) is 0.500. The second-order valence-electron chi connectivity index (χ2n) is 7.32. The van der Waals surface area contributed by atoms with Gasteiger partial charge in [-0.25, -0.2) is 4.98 Å². The summed E-state index contributed by atoms with van der Waals surface area (Å²) in [4.78, 5) is 36.2. The van der Waals surface area contributed by atoms with Gasteiger partial charge in [0.25, 0.3) is 5.91 Å². The minimum atomic E-state index is -0.384. The molecule has 128 valence electrons. The Morgan fingerprint density at radius 3 is 2.54 bits per heavy atom. The van der Waals surface area contributed by atoms with Gasteiger partial charge in [-0.2, -0.15) is 0 Å². The number of nitrogens with zero attached hydrogens (tertiary/aromatic N) is 3. The Morgan fingerprint density at radius 2 is 1.79 bits per heavy atom. The molecule has 0 bridgehead atoms. The first-order valence-corrected chi connectivity index (χ1v) is 8.38. The number of benzene rings is 1. The van der Waals surface area contributed by atoms with Crippen LogP contribution in [0, 0.1) is 5.41 Å². The third kappa shape index (κ3) is 3.27. The fourth-order valence-electron chi connectivity index (χ4n) is 3.05. The number of hydrogen-bond donors (Lipinski definition) is 1. The number of carbonyl (C=O) groups excluding carboxylic acids is 2. The third-order valence-electron chi connectivity index (χ3n) is 4.38. The van der Waals surface area contributed by atoms with Crippen LogP contribution in [0.5, 0.6) is 0 Å². The Morgan fingerprint density at radius 1 is 1.08 bits per heavy atom. The maximum absolute atomic E-state index is 12.8. The second kappa shape index (κ2) is 6.26. The van der Waals surface area contributed by atoms with E-state index in [1.54, 1.807) is 6.33 Å². The van der Waals surface area contributed by atoms with Gasteiger partial charge in [0.05, 0.1) is 17.4 Å². The smallest absolute Gasteiger partial charge is 0.253 e. The van der Waals surface area contributed by atoms with Crippen molar-refractivity contribution in [2.75, 3.05) is 26.2 Å². The highest BCUT2D eigenvalue weighted by molar-refractivity contribution is 5.97. The average Bonchev–Trinajstić information content (AvgIpc) is 2.87. The topological polar surface area (TPSA) is 69.3 Å². The monoisotopic (exact) mass is 328 g/mol. The van der Waals surface area contributed by atoms with Gasteiger partial charge in [-0.05, 0) is 24.6 Å². The Labute approximate surface area is 141 Å². The summed E-state index contributed by atoms with van der Waals surface area (Å²) in [6.45, 7) is 8.34. The quantitative estimate of drug-likeness (QED) is 0.873. The zero-order chi connectivity index (χ0) is 17.3. The second-order valence-corrected chi connectivity index (χ2v) is 7.32. The van der Waals surface area contributed by atoms with Crippen molar-refractivity contribution in [3.05, 3.63) is 30.1 Å². The minimum absolute atomic E-state index is 0.0107.